The monoisotopic (exact) mass is 306 g/mol. The molecule has 92 valence electrons. The Morgan fingerprint density at radius 1 is 1.67 bits per heavy atom. The molecule has 5 heteroatoms. The van der Waals surface area contributed by atoms with E-state index in [9.17, 15) is 4.79 Å². The molecule has 0 saturated carbocycles. The molecule has 0 aromatic heterocycles. The minimum atomic E-state index is -0.716. The van der Waals surface area contributed by atoms with Crippen LogP contribution in [0.5, 0.6) is 5.75 Å². The molecule has 0 saturated heterocycles. The molecule has 1 N–H and O–H groups in total. The molecule has 1 atom stereocenters. The van der Waals surface area contributed by atoms with E-state index < -0.39 is 6.10 Å². The number of carbonyl (C=O) groups is 1. The van der Waals surface area contributed by atoms with Crippen molar-refractivity contribution in [2.75, 3.05) is 6.54 Å². The van der Waals surface area contributed by atoms with Crippen molar-refractivity contribution in [2.45, 2.75) is 13.0 Å². The zero-order valence-corrected chi connectivity index (χ0v) is 11.3. The summed E-state index contributed by atoms with van der Waals surface area (Å²) >= 11 is 3.26. The smallest absolute Gasteiger partial charge is 0.261 e. The zero-order chi connectivity index (χ0) is 13.5. The molecule has 1 amide bonds. The molecular formula is C13H11BrN2O2. The predicted molar refractivity (Wildman–Crippen MR) is 70.8 cm³/mol. The minimum Gasteiger partial charge on any atom is -0.480 e. The lowest BCUT2D eigenvalue weighted by atomic mass is 10.2. The standard InChI is InChI=1S/C13H11BrN2O2/c1-3-6-16-13(17)9(2)18-12-5-4-11(14)7-10(12)8-15/h1,4-5,7,9H,6H2,2H3,(H,16,17). The van der Waals surface area contributed by atoms with Crippen molar-refractivity contribution in [1.29, 1.82) is 5.26 Å². The van der Waals surface area contributed by atoms with E-state index in [0.29, 0.717) is 11.3 Å². The van der Waals surface area contributed by atoms with E-state index in [0.717, 1.165) is 4.47 Å². The molecular weight excluding hydrogens is 296 g/mol. The Balaban J connectivity index is 2.76. The molecule has 4 nitrogen and oxygen atoms in total. The lowest BCUT2D eigenvalue weighted by Crippen LogP contribution is -2.36. The molecule has 18 heavy (non-hydrogen) atoms. The molecule has 0 aliphatic heterocycles. The molecule has 1 aromatic rings. The molecule has 1 unspecified atom stereocenters. The van der Waals surface area contributed by atoms with Gasteiger partial charge in [0.05, 0.1) is 12.1 Å². The summed E-state index contributed by atoms with van der Waals surface area (Å²) in [6.45, 7) is 1.74. The normalized spacial score (nSPS) is 10.9. The summed E-state index contributed by atoms with van der Waals surface area (Å²) in [6, 6.07) is 7.00. The Bertz CT molecular complexity index is 529. The molecule has 1 aromatic carbocycles. The van der Waals surface area contributed by atoms with Crippen LogP contribution >= 0.6 is 15.9 Å². The van der Waals surface area contributed by atoms with E-state index in [1.807, 2.05) is 6.07 Å². The number of carbonyl (C=O) groups excluding carboxylic acids is 1. The fourth-order valence-corrected chi connectivity index (χ4v) is 1.58. The van der Waals surface area contributed by atoms with Crippen LogP contribution in [0.2, 0.25) is 0 Å². The van der Waals surface area contributed by atoms with E-state index in [-0.39, 0.29) is 12.5 Å². The van der Waals surface area contributed by atoms with Gasteiger partial charge in [0.15, 0.2) is 6.10 Å². The van der Waals surface area contributed by atoms with Crippen molar-refractivity contribution in [3.05, 3.63) is 28.2 Å². The van der Waals surface area contributed by atoms with Crippen LogP contribution in [-0.4, -0.2) is 18.6 Å². The molecule has 0 aliphatic carbocycles. The van der Waals surface area contributed by atoms with Crippen molar-refractivity contribution in [3.8, 4) is 24.2 Å². The molecule has 0 fully saturated rings. The second-order valence-electron chi connectivity index (χ2n) is 3.43. The number of rotatable bonds is 4. The van der Waals surface area contributed by atoms with Crippen molar-refractivity contribution in [1.82, 2.24) is 5.32 Å². The third-order valence-electron chi connectivity index (χ3n) is 2.10. The first-order valence-electron chi connectivity index (χ1n) is 5.16. The highest BCUT2D eigenvalue weighted by molar-refractivity contribution is 9.10. The number of nitrogens with one attached hydrogen (secondary N) is 1. The second kappa shape index (κ2) is 6.68. The topological polar surface area (TPSA) is 62.1 Å². The maximum absolute atomic E-state index is 11.5. The van der Waals surface area contributed by atoms with Gasteiger partial charge in [-0.15, -0.1) is 6.42 Å². The van der Waals surface area contributed by atoms with E-state index in [4.69, 9.17) is 16.4 Å². The summed E-state index contributed by atoms with van der Waals surface area (Å²) < 4.78 is 6.20. The number of amides is 1. The molecule has 0 aliphatic rings. The van der Waals surface area contributed by atoms with Crippen LogP contribution in [0.4, 0.5) is 0 Å². The first-order chi connectivity index (χ1) is 8.58. The Labute approximate surface area is 114 Å². The van der Waals surface area contributed by atoms with Crippen LogP contribution in [0.3, 0.4) is 0 Å². The van der Waals surface area contributed by atoms with E-state index in [1.54, 1.807) is 25.1 Å². The first-order valence-corrected chi connectivity index (χ1v) is 5.95. The summed E-state index contributed by atoms with van der Waals surface area (Å²) in [5.41, 5.74) is 0.362. The highest BCUT2D eigenvalue weighted by atomic mass is 79.9. The van der Waals surface area contributed by atoms with Gasteiger partial charge in [-0.25, -0.2) is 0 Å². The molecule has 0 spiro atoms. The lowest BCUT2D eigenvalue weighted by Gasteiger charge is -2.14. The van der Waals surface area contributed by atoms with Gasteiger partial charge in [0.1, 0.15) is 11.8 Å². The van der Waals surface area contributed by atoms with Crippen LogP contribution in [0.1, 0.15) is 12.5 Å². The maximum atomic E-state index is 11.5. The molecule has 0 heterocycles. The number of hydrogen-bond donors (Lipinski definition) is 1. The van der Waals surface area contributed by atoms with Gasteiger partial charge in [-0.1, -0.05) is 21.9 Å². The van der Waals surface area contributed by atoms with Crippen LogP contribution in [0.15, 0.2) is 22.7 Å². The third kappa shape index (κ3) is 3.80. The lowest BCUT2D eigenvalue weighted by molar-refractivity contribution is -0.126. The Morgan fingerprint density at radius 2 is 2.39 bits per heavy atom. The SMILES string of the molecule is C#CCNC(=O)C(C)Oc1ccc(Br)cc1C#N. The number of terminal acetylenes is 1. The summed E-state index contributed by atoms with van der Waals surface area (Å²) in [5, 5.41) is 11.5. The average molecular weight is 307 g/mol. The molecule has 0 bridgehead atoms. The van der Waals surface area contributed by atoms with Gasteiger partial charge >= 0.3 is 0 Å². The number of nitrogens with zero attached hydrogens (tertiary/aromatic N) is 1. The Kier molecular flexibility index (Phi) is 5.23. The van der Waals surface area contributed by atoms with Gasteiger partial charge in [-0.2, -0.15) is 5.26 Å². The van der Waals surface area contributed by atoms with Crippen LogP contribution in [0, 0.1) is 23.7 Å². The number of nitriles is 1. The highest BCUT2D eigenvalue weighted by Crippen LogP contribution is 2.23. The van der Waals surface area contributed by atoms with Gasteiger partial charge in [-0.05, 0) is 25.1 Å². The number of ether oxygens (including phenoxy) is 1. The van der Waals surface area contributed by atoms with Gasteiger partial charge in [0, 0.05) is 4.47 Å². The number of hydrogen-bond acceptors (Lipinski definition) is 3. The Hall–Kier alpha value is -1.98. The minimum absolute atomic E-state index is 0.151. The Morgan fingerprint density at radius 3 is 3.00 bits per heavy atom. The fourth-order valence-electron chi connectivity index (χ4n) is 1.22. The fraction of sp³-hybridized carbons (Fsp3) is 0.231. The van der Waals surface area contributed by atoms with Gasteiger partial charge in [0.25, 0.3) is 5.91 Å². The van der Waals surface area contributed by atoms with Crippen molar-refractivity contribution in [2.24, 2.45) is 0 Å². The number of halogens is 1. The van der Waals surface area contributed by atoms with Crippen molar-refractivity contribution in [3.63, 3.8) is 0 Å². The third-order valence-corrected chi connectivity index (χ3v) is 2.59. The molecule has 1 rings (SSSR count). The van der Waals surface area contributed by atoms with Crippen molar-refractivity contribution >= 4 is 21.8 Å². The van der Waals surface area contributed by atoms with E-state index >= 15 is 0 Å². The summed E-state index contributed by atoms with van der Waals surface area (Å²) in [7, 11) is 0. The largest absolute Gasteiger partial charge is 0.480 e. The summed E-state index contributed by atoms with van der Waals surface area (Å²) in [6.07, 6.45) is 4.32. The van der Waals surface area contributed by atoms with Crippen LogP contribution in [0.25, 0.3) is 0 Å². The first kappa shape index (κ1) is 14.1. The van der Waals surface area contributed by atoms with Crippen molar-refractivity contribution < 1.29 is 9.53 Å². The van der Waals surface area contributed by atoms with Gasteiger partial charge < -0.3 is 10.1 Å². The summed E-state index contributed by atoms with van der Waals surface area (Å²) in [4.78, 5) is 11.5. The molecule has 0 radical (unpaired) electrons. The van der Waals surface area contributed by atoms with Crippen LogP contribution in [-0.2, 0) is 4.79 Å². The summed E-state index contributed by atoms with van der Waals surface area (Å²) in [5.74, 6) is 2.35. The van der Waals surface area contributed by atoms with Gasteiger partial charge in [-0.3, -0.25) is 4.79 Å². The van der Waals surface area contributed by atoms with Crippen LogP contribution < -0.4 is 10.1 Å². The van der Waals surface area contributed by atoms with E-state index in [2.05, 4.69) is 27.2 Å². The van der Waals surface area contributed by atoms with E-state index in [1.165, 1.54) is 0 Å². The quantitative estimate of drug-likeness (QED) is 0.863. The second-order valence-corrected chi connectivity index (χ2v) is 4.35. The maximum Gasteiger partial charge on any atom is 0.261 e. The highest BCUT2D eigenvalue weighted by Gasteiger charge is 2.15. The number of benzene rings is 1. The predicted octanol–water partition coefficient (Wildman–Crippen LogP) is 1.84. The zero-order valence-electron chi connectivity index (χ0n) is 9.74. The van der Waals surface area contributed by atoms with Gasteiger partial charge in [0.2, 0.25) is 0 Å². The average Bonchev–Trinajstić information content (AvgIpc) is 2.37.